The summed E-state index contributed by atoms with van der Waals surface area (Å²) in [4.78, 5) is 17.3. The fraction of sp³-hybridized carbons (Fsp3) is 0.0833. The Labute approximate surface area is 163 Å². The van der Waals surface area contributed by atoms with Gasteiger partial charge in [-0.1, -0.05) is 48.5 Å². The van der Waals surface area contributed by atoms with Crippen LogP contribution in [0.15, 0.2) is 83.4 Å². The molecule has 0 aliphatic carbocycles. The monoisotopic (exact) mass is 368 g/mol. The third-order valence-corrected chi connectivity index (χ3v) is 4.73. The van der Waals surface area contributed by atoms with Crippen LogP contribution in [0.1, 0.15) is 21.5 Å². The lowest BCUT2D eigenvalue weighted by Gasteiger charge is -2.10. The van der Waals surface area contributed by atoms with E-state index in [-0.39, 0.29) is 5.91 Å². The molecule has 0 atom stereocenters. The first-order valence-corrected chi connectivity index (χ1v) is 9.11. The lowest BCUT2D eigenvalue weighted by Crippen LogP contribution is -2.13. The normalized spacial score (nSPS) is 10.6. The van der Waals surface area contributed by atoms with E-state index in [2.05, 4.69) is 10.3 Å². The van der Waals surface area contributed by atoms with Crippen LogP contribution in [0.3, 0.4) is 0 Å². The first-order valence-electron chi connectivity index (χ1n) is 9.11. The number of aryl methyl sites for hydroxylation is 2. The highest BCUT2D eigenvalue weighted by atomic mass is 16.4. The molecule has 4 rings (SSSR count). The van der Waals surface area contributed by atoms with Gasteiger partial charge in [0.2, 0.25) is 5.89 Å². The zero-order valence-electron chi connectivity index (χ0n) is 15.8. The summed E-state index contributed by atoms with van der Waals surface area (Å²) >= 11 is 0. The van der Waals surface area contributed by atoms with Crippen molar-refractivity contribution < 1.29 is 9.21 Å². The summed E-state index contributed by atoms with van der Waals surface area (Å²) in [5, 5.41) is 2.97. The van der Waals surface area contributed by atoms with Gasteiger partial charge in [0.15, 0.2) is 5.76 Å². The Balaban J connectivity index is 1.64. The van der Waals surface area contributed by atoms with Crippen molar-refractivity contribution in [1.82, 2.24) is 4.98 Å². The Morgan fingerprint density at radius 3 is 2.43 bits per heavy atom. The highest BCUT2D eigenvalue weighted by Gasteiger charge is 2.17. The van der Waals surface area contributed by atoms with Gasteiger partial charge in [0.1, 0.15) is 0 Å². The summed E-state index contributed by atoms with van der Waals surface area (Å²) in [6.07, 6.45) is 1.68. The molecule has 0 aliphatic rings. The zero-order chi connectivity index (χ0) is 19.5. The second-order valence-electron chi connectivity index (χ2n) is 6.69. The number of hydrogen-bond acceptors (Lipinski definition) is 3. The van der Waals surface area contributed by atoms with Crippen LogP contribution in [0.5, 0.6) is 0 Å². The number of aromatic nitrogens is 1. The molecular weight excluding hydrogens is 348 g/mol. The summed E-state index contributed by atoms with van der Waals surface area (Å²) in [5.74, 6) is 0.892. The molecule has 0 unspecified atom stereocenters. The molecule has 0 saturated carbocycles. The van der Waals surface area contributed by atoms with Gasteiger partial charge in [0, 0.05) is 16.8 Å². The van der Waals surface area contributed by atoms with Crippen molar-refractivity contribution in [2.45, 2.75) is 13.8 Å². The third kappa shape index (κ3) is 3.58. The van der Waals surface area contributed by atoms with E-state index in [1.807, 2.05) is 80.6 Å². The topological polar surface area (TPSA) is 55.1 Å². The standard InChI is InChI=1S/C24H20N2O2/c1-16-12-13-19(14-17(16)2)26-23(27)20-10-6-7-11-21(20)24-25-15-22(28-24)18-8-4-3-5-9-18/h3-15H,1-2H3,(H,26,27). The van der Waals surface area contributed by atoms with Crippen molar-refractivity contribution in [2.24, 2.45) is 0 Å². The molecule has 3 aromatic carbocycles. The second kappa shape index (κ2) is 7.53. The molecule has 1 aromatic heterocycles. The number of rotatable bonds is 4. The van der Waals surface area contributed by atoms with Crippen LogP contribution >= 0.6 is 0 Å². The molecule has 1 N–H and O–H groups in total. The van der Waals surface area contributed by atoms with E-state index in [0.29, 0.717) is 22.8 Å². The number of hydrogen-bond donors (Lipinski definition) is 1. The van der Waals surface area contributed by atoms with Gasteiger partial charge in [0.25, 0.3) is 5.91 Å². The maximum atomic E-state index is 12.9. The van der Waals surface area contributed by atoms with Gasteiger partial charge in [-0.25, -0.2) is 4.98 Å². The van der Waals surface area contributed by atoms with Gasteiger partial charge in [0.05, 0.1) is 11.8 Å². The van der Waals surface area contributed by atoms with Crippen LogP contribution in [0.2, 0.25) is 0 Å². The smallest absolute Gasteiger partial charge is 0.256 e. The molecule has 1 amide bonds. The van der Waals surface area contributed by atoms with E-state index in [1.165, 1.54) is 5.56 Å². The van der Waals surface area contributed by atoms with Gasteiger partial charge >= 0.3 is 0 Å². The highest BCUT2D eigenvalue weighted by Crippen LogP contribution is 2.28. The molecule has 0 saturated heterocycles. The number of benzene rings is 3. The zero-order valence-corrected chi connectivity index (χ0v) is 15.8. The molecule has 0 spiro atoms. The molecule has 0 aliphatic heterocycles. The van der Waals surface area contributed by atoms with Gasteiger partial charge in [-0.15, -0.1) is 0 Å². The Kier molecular flexibility index (Phi) is 4.77. The fourth-order valence-electron chi connectivity index (χ4n) is 3.02. The summed E-state index contributed by atoms with van der Waals surface area (Å²) in [6.45, 7) is 4.07. The number of oxazole rings is 1. The van der Waals surface area contributed by atoms with Crippen LogP contribution < -0.4 is 5.32 Å². The van der Waals surface area contributed by atoms with Crippen molar-refractivity contribution in [3.05, 3.63) is 95.7 Å². The SMILES string of the molecule is Cc1ccc(NC(=O)c2ccccc2-c2ncc(-c3ccccc3)o2)cc1C. The summed E-state index contributed by atoms with van der Waals surface area (Å²) in [7, 11) is 0. The van der Waals surface area contributed by atoms with Gasteiger partial charge < -0.3 is 9.73 Å². The van der Waals surface area contributed by atoms with Crippen LogP contribution in [0.4, 0.5) is 5.69 Å². The average Bonchev–Trinajstić information content (AvgIpc) is 3.21. The molecule has 1 heterocycles. The Morgan fingerprint density at radius 2 is 1.64 bits per heavy atom. The minimum Gasteiger partial charge on any atom is -0.436 e. The molecule has 4 heteroatoms. The number of nitrogens with zero attached hydrogens (tertiary/aromatic N) is 1. The number of nitrogens with one attached hydrogen (secondary N) is 1. The molecule has 28 heavy (non-hydrogen) atoms. The van der Waals surface area contributed by atoms with Crippen LogP contribution in [-0.4, -0.2) is 10.9 Å². The largest absolute Gasteiger partial charge is 0.436 e. The Hall–Kier alpha value is -3.66. The van der Waals surface area contributed by atoms with Crippen LogP contribution in [0.25, 0.3) is 22.8 Å². The second-order valence-corrected chi connectivity index (χ2v) is 6.69. The van der Waals surface area contributed by atoms with Crippen LogP contribution in [-0.2, 0) is 0 Å². The van der Waals surface area contributed by atoms with Crippen molar-refractivity contribution in [1.29, 1.82) is 0 Å². The molecule has 4 aromatic rings. The fourth-order valence-corrected chi connectivity index (χ4v) is 3.02. The predicted molar refractivity (Wildman–Crippen MR) is 111 cm³/mol. The van der Waals surface area contributed by atoms with Gasteiger partial charge in [-0.2, -0.15) is 0 Å². The lowest BCUT2D eigenvalue weighted by atomic mass is 10.1. The highest BCUT2D eigenvalue weighted by molar-refractivity contribution is 6.08. The van der Waals surface area contributed by atoms with E-state index in [1.54, 1.807) is 12.3 Å². The summed E-state index contributed by atoms with van der Waals surface area (Å²) < 4.78 is 5.94. The number of anilines is 1. The van der Waals surface area contributed by atoms with E-state index in [0.717, 1.165) is 16.8 Å². The molecule has 0 fully saturated rings. The first kappa shape index (κ1) is 17.7. The average molecular weight is 368 g/mol. The number of carbonyl (C=O) groups excluding carboxylic acids is 1. The quantitative estimate of drug-likeness (QED) is 0.489. The molecule has 0 radical (unpaired) electrons. The summed E-state index contributed by atoms with van der Waals surface area (Å²) in [5.41, 5.74) is 5.20. The minimum absolute atomic E-state index is 0.196. The van der Waals surface area contributed by atoms with E-state index >= 15 is 0 Å². The Bertz CT molecular complexity index is 1130. The maximum absolute atomic E-state index is 12.9. The maximum Gasteiger partial charge on any atom is 0.256 e. The third-order valence-electron chi connectivity index (χ3n) is 4.73. The first-order chi connectivity index (χ1) is 13.6. The molecular formula is C24H20N2O2. The Morgan fingerprint density at radius 1 is 0.893 bits per heavy atom. The number of amides is 1. The molecule has 4 nitrogen and oxygen atoms in total. The minimum atomic E-state index is -0.196. The van der Waals surface area contributed by atoms with Crippen molar-refractivity contribution >= 4 is 11.6 Å². The van der Waals surface area contributed by atoms with E-state index in [9.17, 15) is 4.79 Å². The van der Waals surface area contributed by atoms with Crippen LogP contribution in [0, 0.1) is 13.8 Å². The summed E-state index contributed by atoms with van der Waals surface area (Å²) in [6, 6.07) is 23.0. The van der Waals surface area contributed by atoms with Gasteiger partial charge in [-0.3, -0.25) is 4.79 Å². The van der Waals surface area contributed by atoms with E-state index < -0.39 is 0 Å². The number of carbonyl (C=O) groups is 1. The van der Waals surface area contributed by atoms with Crippen molar-refractivity contribution in [3.63, 3.8) is 0 Å². The van der Waals surface area contributed by atoms with Gasteiger partial charge in [-0.05, 0) is 49.2 Å². The lowest BCUT2D eigenvalue weighted by molar-refractivity contribution is 0.102. The predicted octanol–water partition coefficient (Wildman–Crippen LogP) is 5.88. The van der Waals surface area contributed by atoms with Crippen molar-refractivity contribution in [2.75, 3.05) is 5.32 Å². The molecule has 138 valence electrons. The van der Waals surface area contributed by atoms with Crippen molar-refractivity contribution in [3.8, 4) is 22.8 Å². The molecule has 0 bridgehead atoms. The van der Waals surface area contributed by atoms with E-state index in [4.69, 9.17) is 4.42 Å².